The zero-order valence-electron chi connectivity index (χ0n) is 19.5. The third kappa shape index (κ3) is 4.87. The molecule has 0 aliphatic carbocycles. The summed E-state index contributed by atoms with van der Waals surface area (Å²) in [4.78, 5) is 25.6. The predicted octanol–water partition coefficient (Wildman–Crippen LogP) is 7.22. The highest BCUT2D eigenvalue weighted by molar-refractivity contribution is 8.45. The van der Waals surface area contributed by atoms with E-state index in [0.29, 0.717) is 17.0 Å². The number of imidazole rings is 1. The van der Waals surface area contributed by atoms with E-state index in [2.05, 4.69) is 15.4 Å². The van der Waals surface area contributed by atoms with Crippen molar-refractivity contribution in [2.45, 2.75) is 11.8 Å². The van der Waals surface area contributed by atoms with E-state index in [4.69, 9.17) is 0 Å². The van der Waals surface area contributed by atoms with E-state index in [1.165, 1.54) is 6.07 Å². The summed E-state index contributed by atoms with van der Waals surface area (Å²) in [7, 11) is -10.1. The van der Waals surface area contributed by atoms with E-state index >= 15 is 0 Å². The molecular weight excluding hydrogens is 529 g/mol. The highest BCUT2D eigenvalue weighted by Crippen LogP contribution is 3.02. The summed E-state index contributed by atoms with van der Waals surface area (Å²) >= 11 is 0. The number of amides is 1. The molecule has 2 aromatic carbocycles. The highest BCUT2D eigenvalue weighted by Gasteiger charge is 2.65. The monoisotopic (exact) mass is 547 g/mol. The number of fused-ring (bicyclic) bond motifs is 1. The topological polar surface area (TPSA) is 81.3 Å². The van der Waals surface area contributed by atoms with Gasteiger partial charge in [-0.2, -0.15) is 5.10 Å². The summed E-state index contributed by atoms with van der Waals surface area (Å²) < 4.78 is 70.3. The number of halogens is 5. The van der Waals surface area contributed by atoms with Crippen LogP contribution in [0.2, 0.25) is 0 Å². The van der Waals surface area contributed by atoms with Crippen molar-refractivity contribution in [2.75, 3.05) is 5.32 Å². The molecule has 0 atom stereocenters. The highest BCUT2D eigenvalue weighted by atomic mass is 32.5. The van der Waals surface area contributed by atoms with Gasteiger partial charge in [0.15, 0.2) is 0 Å². The maximum Gasteiger partial charge on any atom is 0.310 e. The molecule has 7 nitrogen and oxygen atoms in total. The summed E-state index contributed by atoms with van der Waals surface area (Å²) in [6, 6.07) is 11.2. The normalized spacial score (nSPS) is 13.6. The number of anilines is 1. The molecule has 3 aromatic heterocycles. The Hall–Kier alpha value is -4.52. The van der Waals surface area contributed by atoms with Crippen LogP contribution in [0.4, 0.5) is 25.1 Å². The van der Waals surface area contributed by atoms with Crippen LogP contribution in [-0.4, -0.2) is 31.4 Å². The van der Waals surface area contributed by atoms with E-state index in [0.717, 1.165) is 17.2 Å². The second-order valence-corrected chi connectivity index (χ2v) is 11.0. The minimum atomic E-state index is -10.1. The zero-order valence-corrected chi connectivity index (χ0v) is 20.3. The number of nitrogens with zero attached hydrogens (tertiary/aromatic N) is 4. The first-order valence-corrected chi connectivity index (χ1v) is 12.9. The van der Waals surface area contributed by atoms with E-state index in [1.807, 2.05) is 19.1 Å². The van der Waals surface area contributed by atoms with Crippen molar-refractivity contribution >= 4 is 33.8 Å². The Kier molecular flexibility index (Phi) is 5.29. The zero-order chi connectivity index (χ0) is 27.4. The van der Waals surface area contributed by atoms with Crippen molar-refractivity contribution in [3.63, 3.8) is 0 Å². The first-order chi connectivity index (χ1) is 17.7. The number of hydrogen-bond acceptors (Lipinski definition) is 4. The number of rotatable bonds is 6. The van der Waals surface area contributed by atoms with Gasteiger partial charge in [0.25, 0.3) is 5.91 Å². The number of aromatic nitrogens is 4. The average Bonchev–Trinajstić information content (AvgIpc) is 3.45. The summed E-state index contributed by atoms with van der Waals surface area (Å²) in [5.41, 5.74) is 2.37. The van der Waals surface area contributed by atoms with E-state index in [9.17, 15) is 29.0 Å². The van der Waals surface area contributed by atoms with Crippen LogP contribution in [0.25, 0.3) is 22.6 Å². The number of carbonyl (C=O) groups excluding carboxylic acids is 2. The third-order valence-corrected chi connectivity index (χ3v) is 6.90. The maximum atomic E-state index is 13.4. The fourth-order valence-corrected chi connectivity index (χ4v) is 4.64. The molecule has 5 aromatic rings. The Balaban J connectivity index is 1.50. The Morgan fingerprint density at radius 2 is 1.79 bits per heavy atom. The number of nitrogens with one attached hydrogen (secondary N) is 1. The van der Waals surface area contributed by atoms with Crippen LogP contribution < -0.4 is 5.32 Å². The van der Waals surface area contributed by atoms with Gasteiger partial charge in [0, 0.05) is 53.2 Å². The molecule has 3 heterocycles. The molecule has 196 valence electrons. The van der Waals surface area contributed by atoms with Crippen LogP contribution in [0.5, 0.6) is 0 Å². The van der Waals surface area contributed by atoms with Gasteiger partial charge in [-0.1, -0.05) is 25.5 Å². The Morgan fingerprint density at radius 3 is 2.47 bits per heavy atom. The van der Waals surface area contributed by atoms with Crippen LogP contribution >= 0.6 is 10.2 Å². The molecule has 0 aliphatic heterocycles. The first-order valence-electron chi connectivity index (χ1n) is 11.0. The predicted molar refractivity (Wildman–Crippen MR) is 134 cm³/mol. The number of aldehydes is 1. The number of carbonyl (C=O) groups is 2. The fourth-order valence-electron chi connectivity index (χ4n) is 3.93. The van der Waals surface area contributed by atoms with E-state index in [1.54, 1.807) is 52.1 Å². The lowest BCUT2D eigenvalue weighted by Gasteiger charge is -2.40. The second-order valence-electron chi connectivity index (χ2n) is 8.58. The van der Waals surface area contributed by atoms with Crippen LogP contribution in [-0.2, 0) is 0 Å². The number of pyridine rings is 1. The van der Waals surface area contributed by atoms with Crippen molar-refractivity contribution in [1.29, 1.82) is 0 Å². The molecule has 13 heteroatoms. The Bertz CT molecular complexity index is 1730. The molecule has 0 radical (unpaired) electrons. The van der Waals surface area contributed by atoms with Crippen LogP contribution in [0.1, 0.15) is 26.3 Å². The first kappa shape index (κ1) is 25.1. The largest absolute Gasteiger partial charge is 0.322 e. The molecule has 0 unspecified atom stereocenters. The number of aryl methyl sites for hydroxylation is 1. The van der Waals surface area contributed by atoms with E-state index < -0.39 is 32.2 Å². The molecule has 0 fully saturated rings. The van der Waals surface area contributed by atoms with Gasteiger partial charge < -0.3 is 5.32 Å². The molecule has 1 amide bonds. The quantitative estimate of drug-likeness (QED) is 0.180. The number of hydrogen-bond donors (Lipinski definition) is 1. The summed E-state index contributed by atoms with van der Waals surface area (Å²) in [5.74, 6) is -1.09. The summed E-state index contributed by atoms with van der Waals surface area (Å²) in [5, 5.41) is 6.96. The van der Waals surface area contributed by atoms with Crippen molar-refractivity contribution in [3.05, 3.63) is 96.1 Å². The van der Waals surface area contributed by atoms with Crippen LogP contribution in [0.3, 0.4) is 0 Å². The van der Waals surface area contributed by atoms with Gasteiger partial charge >= 0.3 is 10.2 Å². The molecular formula is C25H18F5N5O2S. The molecule has 0 saturated carbocycles. The molecule has 38 heavy (non-hydrogen) atoms. The van der Waals surface area contributed by atoms with Gasteiger partial charge in [0.2, 0.25) is 0 Å². The van der Waals surface area contributed by atoms with Crippen LogP contribution in [0, 0.1) is 6.92 Å². The van der Waals surface area contributed by atoms with Gasteiger partial charge in [-0.3, -0.25) is 19.1 Å². The molecule has 1 N–H and O–H groups in total. The molecule has 0 aliphatic rings. The minimum absolute atomic E-state index is 0.0257. The van der Waals surface area contributed by atoms with Crippen molar-refractivity contribution < 1.29 is 29.0 Å². The smallest absolute Gasteiger partial charge is 0.310 e. The lowest BCUT2D eigenvalue weighted by molar-refractivity contribution is 0.102. The van der Waals surface area contributed by atoms with Crippen LogP contribution in [0.15, 0.2) is 84.3 Å². The molecule has 5 rings (SSSR count). The maximum absolute atomic E-state index is 13.4. The summed E-state index contributed by atoms with van der Waals surface area (Å²) in [6.07, 6.45) is 6.77. The Morgan fingerprint density at radius 1 is 1.00 bits per heavy atom. The number of benzene rings is 2. The lowest BCUT2D eigenvalue weighted by atomic mass is 10.1. The molecule has 0 bridgehead atoms. The van der Waals surface area contributed by atoms with Gasteiger partial charge in [-0.05, 0) is 55.0 Å². The van der Waals surface area contributed by atoms with Gasteiger partial charge in [0.05, 0.1) is 11.4 Å². The van der Waals surface area contributed by atoms with Gasteiger partial charge in [-0.15, -0.1) is 0 Å². The average molecular weight is 548 g/mol. The molecule has 0 saturated heterocycles. The third-order valence-electron chi connectivity index (χ3n) is 5.78. The van der Waals surface area contributed by atoms with Gasteiger partial charge in [0.1, 0.15) is 16.8 Å². The molecule has 0 spiro atoms. The van der Waals surface area contributed by atoms with Gasteiger partial charge in [-0.25, -0.2) is 4.52 Å². The SMILES string of the molecule is Cc1ccc(NC(=O)c2cc(C=O)cc(S(F)(F)(F)(F)F)c2)cc1-n1ccn2nc(-c3cccnc3)cc12. The second kappa shape index (κ2) is 7.99. The Labute approximate surface area is 212 Å². The minimum Gasteiger partial charge on any atom is -0.322 e. The van der Waals surface area contributed by atoms with E-state index in [-0.39, 0.29) is 24.1 Å². The van der Waals surface area contributed by atoms with Crippen molar-refractivity contribution in [1.82, 2.24) is 19.2 Å². The fraction of sp³-hybridized carbons (Fsp3) is 0.0400. The van der Waals surface area contributed by atoms with Crippen molar-refractivity contribution in [3.8, 4) is 16.9 Å². The summed E-state index contributed by atoms with van der Waals surface area (Å²) in [6.45, 7) is 1.82. The lowest BCUT2D eigenvalue weighted by Crippen LogP contribution is -2.15. The van der Waals surface area contributed by atoms with Crippen molar-refractivity contribution in [2.24, 2.45) is 0 Å². The standard InChI is InChI=1S/C25H18F5N5O2S/c1-16-4-5-20(32-25(37)19-9-17(15-36)10-21(11-19)38(26,27,28,29)30)12-23(16)34-7-8-35-24(34)13-22(33-35)18-3-2-6-31-14-18/h2-15H,1H3,(H,32,37).